The van der Waals surface area contributed by atoms with E-state index in [0.29, 0.717) is 5.56 Å². The van der Waals surface area contributed by atoms with E-state index in [1.165, 1.54) is 14.0 Å². The largest absolute Gasteiger partial charge is 0.399 e. The number of carbonyl (C=O) groups excluding carboxylic acids is 1. The minimum atomic E-state index is -0.144. The van der Waals surface area contributed by atoms with Gasteiger partial charge in [0.25, 0.3) is 0 Å². The average Bonchev–Trinajstić information content (AvgIpc) is 2.15. The second kappa shape index (κ2) is 4.35. The van der Waals surface area contributed by atoms with Crippen molar-refractivity contribution in [3.63, 3.8) is 0 Å². The van der Waals surface area contributed by atoms with Crippen LogP contribution in [0.2, 0.25) is 0 Å². The molecule has 0 fully saturated rings. The number of nitrogens with zero attached hydrogens (tertiary/aromatic N) is 2. The lowest BCUT2D eigenvalue weighted by Gasteiger charge is -1.99. The third kappa shape index (κ3) is 2.37. The van der Waals surface area contributed by atoms with Gasteiger partial charge in [0.2, 0.25) is 0 Å². The molecule has 1 rings (SSSR count). The van der Waals surface area contributed by atoms with E-state index in [0.717, 1.165) is 0 Å². The van der Waals surface area contributed by atoms with Crippen molar-refractivity contribution in [2.24, 2.45) is 5.16 Å². The van der Waals surface area contributed by atoms with Gasteiger partial charge in [-0.15, -0.1) is 0 Å². The van der Waals surface area contributed by atoms with Crippen LogP contribution in [0, 0.1) is 0 Å². The summed E-state index contributed by atoms with van der Waals surface area (Å²) in [5.74, 6) is -0.144. The molecule has 0 saturated carbocycles. The number of carbonyl (C=O) groups is 1. The Balaban J connectivity index is 3.03. The molecule has 0 aliphatic carbocycles. The number of ketones is 1. The molecule has 0 amide bonds. The molecule has 0 saturated heterocycles. The molecule has 0 aliphatic heterocycles. The summed E-state index contributed by atoms with van der Waals surface area (Å²) in [6, 6.07) is 3.50. The van der Waals surface area contributed by atoms with Crippen LogP contribution in [-0.4, -0.2) is 23.6 Å². The quantitative estimate of drug-likeness (QED) is 0.513. The zero-order valence-electron chi connectivity index (χ0n) is 7.52. The topological polar surface area (TPSA) is 51.5 Å². The molecule has 13 heavy (non-hydrogen) atoms. The lowest BCUT2D eigenvalue weighted by Crippen LogP contribution is -2.12. The lowest BCUT2D eigenvalue weighted by atomic mass is 10.1. The van der Waals surface area contributed by atoms with Crippen LogP contribution in [0.5, 0.6) is 0 Å². The Bertz CT molecular complexity index is 320. The summed E-state index contributed by atoms with van der Waals surface area (Å²) in [7, 11) is 1.40. The maximum atomic E-state index is 11.1. The van der Waals surface area contributed by atoms with E-state index in [2.05, 4.69) is 15.0 Å². The zero-order chi connectivity index (χ0) is 9.68. The summed E-state index contributed by atoms with van der Waals surface area (Å²) in [6.45, 7) is 1.44. The second-order valence-electron chi connectivity index (χ2n) is 2.42. The van der Waals surface area contributed by atoms with Gasteiger partial charge in [0.15, 0.2) is 11.5 Å². The van der Waals surface area contributed by atoms with E-state index in [9.17, 15) is 4.79 Å². The molecule has 0 atom stereocenters. The van der Waals surface area contributed by atoms with Gasteiger partial charge in [-0.25, -0.2) is 0 Å². The first-order valence-electron chi connectivity index (χ1n) is 3.78. The first-order valence-corrected chi connectivity index (χ1v) is 3.78. The SMILES string of the molecule is CO/N=C(\C(C)=O)c1cccnc1. The third-order valence-electron chi connectivity index (χ3n) is 1.45. The molecule has 1 heterocycles. The summed E-state index contributed by atoms with van der Waals surface area (Å²) in [4.78, 5) is 19.5. The van der Waals surface area contributed by atoms with Gasteiger partial charge in [-0.1, -0.05) is 5.16 Å². The molecule has 0 spiro atoms. The maximum Gasteiger partial charge on any atom is 0.182 e. The second-order valence-corrected chi connectivity index (χ2v) is 2.42. The number of pyridine rings is 1. The fourth-order valence-corrected chi connectivity index (χ4v) is 0.914. The van der Waals surface area contributed by atoms with Gasteiger partial charge in [-0.2, -0.15) is 0 Å². The molecule has 4 heteroatoms. The highest BCUT2D eigenvalue weighted by atomic mass is 16.6. The monoisotopic (exact) mass is 178 g/mol. The number of Topliss-reactive ketones (excluding diaryl/α,β-unsaturated/α-hetero) is 1. The Morgan fingerprint density at radius 2 is 2.38 bits per heavy atom. The molecule has 0 aliphatic rings. The molecular formula is C9H10N2O2. The highest BCUT2D eigenvalue weighted by Crippen LogP contribution is 2.00. The van der Waals surface area contributed by atoms with Crippen molar-refractivity contribution >= 4 is 11.5 Å². The van der Waals surface area contributed by atoms with Gasteiger partial charge in [0, 0.05) is 24.9 Å². The first kappa shape index (κ1) is 9.38. The van der Waals surface area contributed by atoms with Gasteiger partial charge < -0.3 is 4.84 Å². The summed E-state index contributed by atoms with van der Waals surface area (Å²) in [5, 5.41) is 3.62. The van der Waals surface area contributed by atoms with Crippen LogP contribution in [0.4, 0.5) is 0 Å². The molecule has 1 aromatic heterocycles. The van der Waals surface area contributed by atoms with Crippen molar-refractivity contribution in [3.8, 4) is 0 Å². The van der Waals surface area contributed by atoms with Crippen molar-refractivity contribution in [3.05, 3.63) is 30.1 Å². The highest BCUT2D eigenvalue weighted by molar-refractivity contribution is 6.45. The lowest BCUT2D eigenvalue weighted by molar-refractivity contribution is -0.111. The Morgan fingerprint density at radius 1 is 1.62 bits per heavy atom. The highest BCUT2D eigenvalue weighted by Gasteiger charge is 2.09. The summed E-state index contributed by atoms with van der Waals surface area (Å²) >= 11 is 0. The number of aromatic nitrogens is 1. The van der Waals surface area contributed by atoms with E-state index in [1.54, 1.807) is 24.5 Å². The minimum Gasteiger partial charge on any atom is -0.399 e. The van der Waals surface area contributed by atoms with Crippen LogP contribution in [0.25, 0.3) is 0 Å². The molecule has 1 aromatic rings. The van der Waals surface area contributed by atoms with Crippen molar-refractivity contribution in [1.29, 1.82) is 0 Å². The van der Waals surface area contributed by atoms with Crippen molar-refractivity contribution in [1.82, 2.24) is 4.98 Å². The van der Waals surface area contributed by atoms with E-state index >= 15 is 0 Å². The zero-order valence-corrected chi connectivity index (χ0v) is 7.52. The minimum absolute atomic E-state index is 0.144. The van der Waals surface area contributed by atoms with Gasteiger partial charge in [0.05, 0.1) is 0 Å². The predicted molar refractivity (Wildman–Crippen MR) is 48.5 cm³/mol. The van der Waals surface area contributed by atoms with Crippen molar-refractivity contribution in [2.45, 2.75) is 6.92 Å². The summed E-state index contributed by atoms with van der Waals surface area (Å²) < 4.78 is 0. The Kier molecular flexibility index (Phi) is 3.14. The molecule has 68 valence electrons. The molecule has 0 aromatic carbocycles. The average molecular weight is 178 g/mol. The van der Waals surface area contributed by atoms with Crippen LogP contribution in [0.1, 0.15) is 12.5 Å². The predicted octanol–water partition coefficient (Wildman–Crippen LogP) is 1.02. The fraction of sp³-hybridized carbons (Fsp3) is 0.222. The van der Waals surface area contributed by atoms with Gasteiger partial charge in [0.1, 0.15) is 7.11 Å². The van der Waals surface area contributed by atoms with Gasteiger partial charge >= 0.3 is 0 Å². The van der Waals surface area contributed by atoms with E-state index in [4.69, 9.17) is 0 Å². The fourth-order valence-electron chi connectivity index (χ4n) is 0.914. The molecule has 0 radical (unpaired) electrons. The standard InChI is InChI=1S/C9H10N2O2/c1-7(12)9(11-13-2)8-4-3-5-10-6-8/h3-6H,1-2H3/b11-9+. The molecule has 4 nitrogen and oxygen atoms in total. The summed E-state index contributed by atoms with van der Waals surface area (Å²) in [6.07, 6.45) is 3.20. The van der Waals surface area contributed by atoms with Crippen LogP contribution >= 0.6 is 0 Å². The first-order chi connectivity index (χ1) is 6.25. The third-order valence-corrected chi connectivity index (χ3v) is 1.45. The van der Waals surface area contributed by atoms with Gasteiger partial charge in [-0.05, 0) is 12.1 Å². The molecule has 0 bridgehead atoms. The number of oxime groups is 1. The van der Waals surface area contributed by atoms with Crippen molar-refractivity contribution < 1.29 is 9.63 Å². The molecule has 0 unspecified atom stereocenters. The van der Waals surface area contributed by atoms with Crippen LogP contribution < -0.4 is 0 Å². The van der Waals surface area contributed by atoms with Crippen molar-refractivity contribution in [2.75, 3.05) is 7.11 Å². The maximum absolute atomic E-state index is 11.1. The Labute approximate surface area is 76.2 Å². The normalized spacial score (nSPS) is 11.1. The van der Waals surface area contributed by atoms with Crippen LogP contribution in [-0.2, 0) is 9.63 Å². The van der Waals surface area contributed by atoms with Crippen LogP contribution in [0.15, 0.2) is 29.7 Å². The number of hydrogen-bond donors (Lipinski definition) is 0. The van der Waals surface area contributed by atoms with Crippen LogP contribution in [0.3, 0.4) is 0 Å². The van der Waals surface area contributed by atoms with E-state index < -0.39 is 0 Å². The number of rotatable bonds is 3. The van der Waals surface area contributed by atoms with E-state index in [-0.39, 0.29) is 11.5 Å². The number of hydrogen-bond acceptors (Lipinski definition) is 4. The summed E-state index contributed by atoms with van der Waals surface area (Å²) in [5.41, 5.74) is 0.951. The Morgan fingerprint density at radius 3 is 2.85 bits per heavy atom. The van der Waals surface area contributed by atoms with Gasteiger partial charge in [-0.3, -0.25) is 9.78 Å². The Hall–Kier alpha value is -1.71. The molecular weight excluding hydrogens is 168 g/mol. The van der Waals surface area contributed by atoms with E-state index in [1.807, 2.05) is 0 Å². The molecule has 0 N–H and O–H groups in total. The smallest absolute Gasteiger partial charge is 0.182 e.